The minimum Gasteiger partial charge on any atom is -0.478 e. The van der Waals surface area contributed by atoms with E-state index in [9.17, 15) is 14.7 Å². The van der Waals surface area contributed by atoms with Gasteiger partial charge in [0, 0.05) is 33.7 Å². The molecule has 1 heterocycles. The number of fused-ring (bicyclic) bond motifs is 3. The van der Waals surface area contributed by atoms with Gasteiger partial charge < -0.3 is 19.6 Å². The Kier molecular flexibility index (Phi) is 7.35. The van der Waals surface area contributed by atoms with E-state index in [1.54, 1.807) is 20.8 Å². The number of allylic oxidation sites excluding steroid dienone is 4. The molecule has 6 heteroatoms. The van der Waals surface area contributed by atoms with Crippen molar-refractivity contribution in [1.29, 1.82) is 0 Å². The van der Waals surface area contributed by atoms with Gasteiger partial charge >= 0.3 is 12.1 Å². The lowest BCUT2D eigenvalue weighted by Crippen LogP contribution is -2.42. The molecule has 2 N–H and O–H groups in total. The number of alkyl carbamates (subject to hydrolysis) is 1. The van der Waals surface area contributed by atoms with E-state index in [0.29, 0.717) is 6.42 Å². The maximum atomic E-state index is 12.8. The first-order chi connectivity index (χ1) is 19.1. The molecule has 0 aliphatic heterocycles. The van der Waals surface area contributed by atoms with E-state index in [0.717, 1.165) is 33.6 Å². The summed E-state index contributed by atoms with van der Waals surface area (Å²) in [7, 11) is 0. The molecule has 1 amide bonds. The molecule has 1 unspecified atom stereocenters. The molecule has 0 fully saturated rings. The van der Waals surface area contributed by atoms with E-state index >= 15 is 0 Å². The summed E-state index contributed by atoms with van der Waals surface area (Å²) >= 11 is 0. The van der Waals surface area contributed by atoms with Gasteiger partial charge in [0.1, 0.15) is 16.8 Å². The molecular formula is C34H33NO5. The van der Waals surface area contributed by atoms with Gasteiger partial charge in [0.05, 0.1) is 6.04 Å². The average molecular weight is 536 g/mol. The second-order valence-corrected chi connectivity index (χ2v) is 11.1. The number of hydrogen-bond acceptors (Lipinski definition) is 4. The summed E-state index contributed by atoms with van der Waals surface area (Å²) < 4.78 is 11.9. The van der Waals surface area contributed by atoms with E-state index in [4.69, 9.17) is 9.15 Å². The number of carboxylic acid groups (broad SMARTS) is 1. The molecule has 6 nitrogen and oxygen atoms in total. The molecule has 5 rings (SSSR count). The number of aliphatic carboxylic acids is 1. The first-order valence-corrected chi connectivity index (χ1v) is 13.4. The van der Waals surface area contributed by atoms with Gasteiger partial charge in [0.2, 0.25) is 0 Å². The largest absolute Gasteiger partial charge is 0.478 e. The van der Waals surface area contributed by atoms with Gasteiger partial charge in [-0.1, -0.05) is 97.1 Å². The fourth-order valence-corrected chi connectivity index (χ4v) is 5.30. The van der Waals surface area contributed by atoms with Crippen LogP contribution >= 0.6 is 0 Å². The molecule has 204 valence electrons. The van der Waals surface area contributed by atoms with Crippen molar-refractivity contribution in [2.75, 3.05) is 0 Å². The monoisotopic (exact) mass is 535 g/mol. The summed E-state index contributed by atoms with van der Waals surface area (Å²) in [6, 6.07) is 23.6. The highest BCUT2D eigenvalue weighted by Crippen LogP contribution is 2.43. The number of benzene rings is 3. The SMILES string of the molecule is CC(C)(C)OC(=O)NC(/C=C/C(=O)O)CC1(c2cccc3c2oc2ccccc23)C=CC(c2ccccc2)C=C1. The highest BCUT2D eigenvalue weighted by Gasteiger charge is 2.36. The van der Waals surface area contributed by atoms with Crippen LogP contribution in [0.1, 0.15) is 44.2 Å². The molecule has 1 aliphatic rings. The summed E-state index contributed by atoms with van der Waals surface area (Å²) in [6.07, 6.45) is 10.9. The first-order valence-electron chi connectivity index (χ1n) is 13.4. The van der Waals surface area contributed by atoms with Crippen LogP contribution in [0.25, 0.3) is 21.9 Å². The van der Waals surface area contributed by atoms with Crippen LogP contribution in [-0.4, -0.2) is 28.8 Å². The number of carbonyl (C=O) groups excluding carboxylic acids is 1. The molecule has 1 atom stereocenters. The summed E-state index contributed by atoms with van der Waals surface area (Å²) in [5.74, 6) is -1.01. The zero-order chi connectivity index (χ0) is 28.3. The predicted molar refractivity (Wildman–Crippen MR) is 157 cm³/mol. The van der Waals surface area contributed by atoms with Crippen molar-refractivity contribution in [2.45, 2.75) is 50.2 Å². The van der Waals surface area contributed by atoms with Crippen LogP contribution < -0.4 is 5.32 Å². The highest BCUT2D eigenvalue weighted by atomic mass is 16.6. The van der Waals surface area contributed by atoms with Crippen molar-refractivity contribution in [3.8, 4) is 0 Å². The zero-order valence-electron chi connectivity index (χ0n) is 22.8. The molecule has 1 aliphatic carbocycles. The molecule has 40 heavy (non-hydrogen) atoms. The standard InChI is InChI=1S/C34H33NO5/c1-33(2,3)40-32(38)35-25(16-17-30(36)37)22-34(20-18-24(19-21-34)23-10-5-4-6-11-23)28-14-9-13-27-26-12-7-8-15-29(26)39-31(27)28/h4-21,24-25H,22H2,1-3H3,(H,35,38)(H,36,37)/b17-16+. The van der Waals surface area contributed by atoms with E-state index in [1.165, 1.54) is 11.6 Å². The molecule has 0 saturated carbocycles. The number of hydrogen-bond donors (Lipinski definition) is 2. The number of furan rings is 1. The molecule has 1 aromatic heterocycles. The summed E-state index contributed by atoms with van der Waals surface area (Å²) in [6.45, 7) is 5.36. The summed E-state index contributed by atoms with van der Waals surface area (Å²) in [5, 5.41) is 14.3. The van der Waals surface area contributed by atoms with Crippen LogP contribution in [0.15, 0.2) is 114 Å². The molecular weight excluding hydrogens is 502 g/mol. The van der Waals surface area contributed by atoms with E-state index in [1.807, 2.05) is 60.7 Å². The Morgan fingerprint density at radius 1 is 0.975 bits per heavy atom. The Morgan fingerprint density at radius 2 is 1.65 bits per heavy atom. The minimum atomic E-state index is -1.09. The molecule has 3 aromatic carbocycles. The van der Waals surface area contributed by atoms with Gasteiger partial charge in [-0.2, -0.15) is 0 Å². The summed E-state index contributed by atoms with van der Waals surface area (Å²) in [4.78, 5) is 24.3. The van der Waals surface area contributed by atoms with Crippen molar-refractivity contribution in [1.82, 2.24) is 5.32 Å². The second kappa shape index (κ2) is 10.9. The van der Waals surface area contributed by atoms with Crippen LogP contribution in [0.5, 0.6) is 0 Å². The van der Waals surface area contributed by atoms with E-state index in [-0.39, 0.29) is 5.92 Å². The van der Waals surface area contributed by atoms with Gasteiger partial charge in [-0.3, -0.25) is 0 Å². The maximum absolute atomic E-state index is 12.8. The lowest BCUT2D eigenvalue weighted by Gasteiger charge is -2.35. The maximum Gasteiger partial charge on any atom is 0.408 e. The van der Waals surface area contributed by atoms with Gasteiger partial charge in [-0.15, -0.1) is 0 Å². The summed E-state index contributed by atoms with van der Waals surface area (Å²) in [5.41, 5.74) is 2.24. The lowest BCUT2D eigenvalue weighted by molar-refractivity contribution is -0.131. The Morgan fingerprint density at radius 3 is 2.35 bits per heavy atom. The van der Waals surface area contributed by atoms with Crippen molar-refractivity contribution in [3.63, 3.8) is 0 Å². The molecule has 4 aromatic rings. The second-order valence-electron chi connectivity index (χ2n) is 11.1. The third kappa shape index (κ3) is 5.86. The first kappa shape index (κ1) is 27.0. The van der Waals surface area contributed by atoms with Gasteiger partial charge in [-0.25, -0.2) is 9.59 Å². The fourth-order valence-electron chi connectivity index (χ4n) is 5.30. The number of para-hydroxylation sites is 2. The van der Waals surface area contributed by atoms with Crippen LogP contribution in [-0.2, 0) is 14.9 Å². The molecule has 0 radical (unpaired) electrons. The van der Waals surface area contributed by atoms with Crippen molar-refractivity contribution < 1.29 is 23.8 Å². The number of carboxylic acids is 1. The van der Waals surface area contributed by atoms with Crippen LogP contribution in [0.3, 0.4) is 0 Å². The fraction of sp³-hybridized carbons (Fsp3) is 0.235. The predicted octanol–water partition coefficient (Wildman–Crippen LogP) is 7.66. The van der Waals surface area contributed by atoms with Crippen molar-refractivity contribution in [3.05, 3.63) is 120 Å². The average Bonchev–Trinajstić information content (AvgIpc) is 3.30. The van der Waals surface area contributed by atoms with Crippen LogP contribution in [0.2, 0.25) is 0 Å². The number of ether oxygens (including phenoxy) is 1. The number of carbonyl (C=O) groups is 2. The normalized spacial score (nSPS) is 19.7. The Labute approximate surface area is 233 Å². The quantitative estimate of drug-likeness (QED) is 0.187. The van der Waals surface area contributed by atoms with Crippen molar-refractivity contribution in [2.24, 2.45) is 0 Å². The Balaban J connectivity index is 1.61. The van der Waals surface area contributed by atoms with E-state index < -0.39 is 29.1 Å². The molecule has 0 saturated heterocycles. The number of nitrogens with one attached hydrogen (secondary N) is 1. The smallest absolute Gasteiger partial charge is 0.408 e. The zero-order valence-corrected chi connectivity index (χ0v) is 22.8. The topological polar surface area (TPSA) is 88.8 Å². The van der Waals surface area contributed by atoms with E-state index in [2.05, 4.69) is 41.8 Å². The molecule has 0 spiro atoms. The van der Waals surface area contributed by atoms with Gasteiger partial charge in [-0.05, 0) is 38.8 Å². The third-order valence-corrected chi connectivity index (χ3v) is 7.02. The number of amides is 1. The van der Waals surface area contributed by atoms with Gasteiger partial charge in [0.15, 0.2) is 0 Å². The lowest BCUT2D eigenvalue weighted by atomic mass is 9.70. The van der Waals surface area contributed by atoms with Crippen LogP contribution in [0, 0.1) is 0 Å². The van der Waals surface area contributed by atoms with Crippen molar-refractivity contribution >= 4 is 34.0 Å². The van der Waals surface area contributed by atoms with Gasteiger partial charge in [0.25, 0.3) is 0 Å². The Hall–Kier alpha value is -4.58. The minimum absolute atomic E-state index is 0.0797. The highest BCUT2D eigenvalue weighted by molar-refractivity contribution is 6.06. The molecule has 0 bridgehead atoms. The number of rotatable bonds is 7. The third-order valence-electron chi connectivity index (χ3n) is 7.02. The Bertz CT molecular complexity index is 1610. The van der Waals surface area contributed by atoms with Crippen LogP contribution in [0.4, 0.5) is 4.79 Å².